The van der Waals surface area contributed by atoms with Crippen molar-refractivity contribution in [3.63, 3.8) is 0 Å². The van der Waals surface area contributed by atoms with Gasteiger partial charge in [-0.25, -0.2) is 4.68 Å². The lowest BCUT2D eigenvalue weighted by molar-refractivity contribution is -0.0453. The molecule has 0 amide bonds. The number of hydrogen-bond donors (Lipinski definition) is 1. The number of rotatable bonds is 8. The summed E-state index contributed by atoms with van der Waals surface area (Å²) >= 11 is 0. The number of ether oxygens (including phenoxy) is 1. The molecule has 150 valence electrons. The molecule has 1 N–H and O–H groups in total. The topological polar surface area (TPSA) is 60.2 Å². The standard InChI is InChI=1S/C21H39N3O2/c1-16(2)12-15-26-21(5,6)17-10-8-7-9-11-18-19(17)22-23-24(18)20(3,4)13-14-25/h16-17,25H,7-15H2,1-6H3. The lowest BCUT2D eigenvalue weighted by Gasteiger charge is -2.36. The van der Waals surface area contributed by atoms with Gasteiger partial charge in [0.25, 0.3) is 0 Å². The van der Waals surface area contributed by atoms with Crippen LogP contribution in [0.2, 0.25) is 0 Å². The predicted molar refractivity (Wildman–Crippen MR) is 105 cm³/mol. The smallest absolute Gasteiger partial charge is 0.0918 e. The van der Waals surface area contributed by atoms with Gasteiger partial charge < -0.3 is 9.84 Å². The van der Waals surface area contributed by atoms with Crippen molar-refractivity contribution in [3.05, 3.63) is 11.4 Å². The van der Waals surface area contributed by atoms with Gasteiger partial charge in [-0.05, 0) is 65.7 Å². The Kier molecular flexibility index (Phi) is 7.26. The van der Waals surface area contributed by atoms with Gasteiger partial charge in [-0.3, -0.25) is 0 Å². The van der Waals surface area contributed by atoms with Crippen LogP contribution in [0.4, 0.5) is 0 Å². The zero-order chi connectivity index (χ0) is 19.4. The molecule has 1 aromatic heterocycles. The van der Waals surface area contributed by atoms with Crippen LogP contribution >= 0.6 is 0 Å². The van der Waals surface area contributed by atoms with Gasteiger partial charge in [-0.15, -0.1) is 5.10 Å². The average Bonchev–Trinajstić information content (AvgIpc) is 2.89. The summed E-state index contributed by atoms with van der Waals surface area (Å²) in [5, 5.41) is 18.6. The van der Waals surface area contributed by atoms with Gasteiger partial charge in [0.15, 0.2) is 0 Å². The zero-order valence-corrected chi connectivity index (χ0v) is 17.7. The average molecular weight is 366 g/mol. The summed E-state index contributed by atoms with van der Waals surface area (Å²) in [5.41, 5.74) is 1.89. The lowest BCUT2D eigenvalue weighted by Crippen LogP contribution is -2.36. The number of hydrogen-bond acceptors (Lipinski definition) is 4. The predicted octanol–water partition coefficient (Wildman–Crippen LogP) is 4.44. The maximum Gasteiger partial charge on any atom is 0.0918 e. The molecule has 0 bridgehead atoms. The lowest BCUT2D eigenvalue weighted by atomic mass is 9.80. The first-order valence-corrected chi connectivity index (χ1v) is 10.4. The molecule has 0 fully saturated rings. The van der Waals surface area contributed by atoms with Crippen molar-refractivity contribution < 1.29 is 9.84 Å². The van der Waals surface area contributed by atoms with Gasteiger partial charge in [0.1, 0.15) is 0 Å². The quantitative estimate of drug-likeness (QED) is 0.740. The summed E-state index contributed by atoms with van der Waals surface area (Å²) in [6.07, 6.45) is 7.51. The van der Waals surface area contributed by atoms with E-state index in [0.717, 1.165) is 31.6 Å². The van der Waals surface area contributed by atoms with E-state index < -0.39 is 0 Å². The van der Waals surface area contributed by atoms with Crippen molar-refractivity contribution in [2.24, 2.45) is 5.92 Å². The highest BCUT2D eigenvalue weighted by molar-refractivity contribution is 5.21. The highest BCUT2D eigenvalue weighted by Crippen LogP contribution is 2.39. The monoisotopic (exact) mass is 365 g/mol. The molecule has 1 aliphatic carbocycles. The van der Waals surface area contributed by atoms with E-state index in [1.807, 2.05) is 0 Å². The minimum atomic E-state index is -0.247. The van der Waals surface area contributed by atoms with Crippen LogP contribution in [-0.4, -0.2) is 38.9 Å². The zero-order valence-electron chi connectivity index (χ0n) is 17.7. The fraction of sp³-hybridized carbons (Fsp3) is 0.905. The second-order valence-corrected chi connectivity index (χ2v) is 9.41. The first-order chi connectivity index (χ1) is 12.2. The molecule has 0 aromatic carbocycles. The van der Waals surface area contributed by atoms with Crippen LogP contribution in [0.1, 0.15) is 97.4 Å². The molecular weight excluding hydrogens is 326 g/mol. The van der Waals surface area contributed by atoms with E-state index in [1.54, 1.807) is 0 Å². The fourth-order valence-electron chi connectivity index (χ4n) is 3.97. The van der Waals surface area contributed by atoms with E-state index in [0.29, 0.717) is 12.3 Å². The Morgan fingerprint density at radius 3 is 2.58 bits per heavy atom. The van der Waals surface area contributed by atoms with Crippen LogP contribution in [0.3, 0.4) is 0 Å². The molecule has 1 heterocycles. The molecule has 1 aromatic rings. The van der Waals surface area contributed by atoms with E-state index in [9.17, 15) is 5.11 Å². The van der Waals surface area contributed by atoms with E-state index in [-0.39, 0.29) is 23.7 Å². The van der Waals surface area contributed by atoms with Gasteiger partial charge in [0.05, 0.1) is 22.5 Å². The summed E-state index contributed by atoms with van der Waals surface area (Å²) in [6, 6.07) is 0. The SMILES string of the molecule is CC(C)CCOC(C)(C)C1CCCCCc2c1nnn2C(C)(C)CCO. The Hall–Kier alpha value is -0.940. The fourth-order valence-corrected chi connectivity index (χ4v) is 3.97. The van der Waals surface area contributed by atoms with Gasteiger partial charge >= 0.3 is 0 Å². The number of nitrogens with zero attached hydrogens (tertiary/aromatic N) is 3. The van der Waals surface area contributed by atoms with Crippen molar-refractivity contribution >= 4 is 0 Å². The van der Waals surface area contributed by atoms with Gasteiger partial charge in [0.2, 0.25) is 0 Å². The Bertz CT molecular complexity index is 564. The number of aliphatic hydroxyl groups excluding tert-OH is 1. The Morgan fingerprint density at radius 1 is 1.19 bits per heavy atom. The van der Waals surface area contributed by atoms with Crippen LogP contribution in [0, 0.1) is 5.92 Å². The summed E-state index contributed by atoms with van der Waals surface area (Å²) in [4.78, 5) is 0. The molecule has 0 saturated carbocycles. The van der Waals surface area contributed by atoms with Crippen LogP contribution in [-0.2, 0) is 16.7 Å². The normalized spacial score (nSPS) is 19.3. The molecule has 1 aliphatic rings. The van der Waals surface area contributed by atoms with Crippen molar-refractivity contribution in [1.82, 2.24) is 15.0 Å². The molecular formula is C21H39N3O2. The second-order valence-electron chi connectivity index (χ2n) is 9.41. The minimum Gasteiger partial charge on any atom is -0.396 e. The van der Waals surface area contributed by atoms with E-state index >= 15 is 0 Å². The Balaban J connectivity index is 2.31. The molecule has 0 aliphatic heterocycles. The molecule has 0 saturated heterocycles. The van der Waals surface area contributed by atoms with Crippen LogP contribution < -0.4 is 0 Å². The highest BCUT2D eigenvalue weighted by atomic mass is 16.5. The minimum absolute atomic E-state index is 0.162. The van der Waals surface area contributed by atoms with Crippen molar-refractivity contribution in [1.29, 1.82) is 0 Å². The summed E-state index contributed by atoms with van der Waals surface area (Å²) < 4.78 is 8.43. The molecule has 2 rings (SSSR count). The van der Waals surface area contributed by atoms with Gasteiger partial charge in [-0.2, -0.15) is 0 Å². The van der Waals surface area contributed by atoms with E-state index in [4.69, 9.17) is 4.74 Å². The Labute approximate surface area is 159 Å². The van der Waals surface area contributed by atoms with Crippen LogP contribution in [0.5, 0.6) is 0 Å². The molecule has 0 spiro atoms. The van der Waals surface area contributed by atoms with Crippen molar-refractivity contribution in [2.75, 3.05) is 13.2 Å². The number of fused-ring (bicyclic) bond motifs is 1. The van der Waals surface area contributed by atoms with E-state index in [1.165, 1.54) is 25.0 Å². The number of aromatic nitrogens is 3. The molecule has 5 nitrogen and oxygen atoms in total. The maximum atomic E-state index is 9.45. The second kappa shape index (κ2) is 8.83. The summed E-state index contributed by atoms with van der Waals surface area (Å²) in [5.74, 6) is 0.919. The number of aliphatic hydroxyl groups is 1. The first-order valence-electron chi connectivity index (χ1n) is 10.4. The maximum absolute atomic E-state index is 9.45. The summed E-state index contributed by atoms with van der Waals surface area (Å²) in [6.45, 7) is 14.1. The Morgan fingerprint density at radius 2 is 1.92 bits per heavy atom. The third-order valence-corrected chi connectivity index (χ3v) is 5.84. The molecule has 1 unspecified atom stereocenters. The van der Waals surface area contributed by atoms with Crippen LogP contribution in [0.25, 0.3) is 0 Å². The molecule has 1 atom stereocenters. The molecule has 5 heteroatoms. The third kappa shape index (κ3) is 5.07. The van der Waals surface area contributed by atoms with Crippen LogP contribution in [0.15, 0.2) is 0 Å². The van der Waals surface area contributed by atoms with E-state index in [2.05, 4.69) is 56.5 Å². The van der Waals surface area contributed by atoms with Gasteiger partial charge in [0, 0.05) is 19.1 Å². The summed E-state index contributed by atoms with van der Waals surface area (Å²) in [7, 11) is 0. The highest BCUT2D eigenvalue weighted by Gasteiger charge is 2.38. The van der Waals surface area contributed by atoms with Gasteiger partial charge in [-0.1, -0.05) is 31.9 Å². The molecule has 26 heavy (non-hydrogen) atoms. The van der Waals surface area contributed by atoms with Crippen molar-refractivity contribution in [2.45, 2.75) is 104 Å². The first kappa shape index (κ1) is 21.4. The van der Waals surface area contributed by atoms with Crippen molar-refractivity contribution in [3.8, 4) is 0 Å². The molecule has 0 radical (unpaired) electrons. The largest absolute Gasteiger partial charge is 0.396 e. The third-order valence-electron chi connectivity index (χ3n) is 5.84.